The van der Waals surface area contributed by atoms with Gasteiger partial charge in [0.15, 0.2) is 12.1 Å². The second kappa shape index (κ2) is 28.3. The molecule has 0 aromatic carbocycles. The molecule has 376 valence electrons. The van der Waals surface area contributed by atoms with E-state index in [4.69, 9.17) is 29.4 Å². The van der Waals surface area contributed by atoms with Gasteiger partial charge in [-0.3, -0.25) is 9.59 Å². The van der Waals surface area contributed by atoms with E-state index in [1.165, 1.54) is 0 Å². The predicted molar refractivity (Wildman–Crippen MR) is 241 cm³/mol. The highest BCUT2D eigenvalue weighted by atomic mass is 16.7. The Balaban J connectivity index is 1.86. The van der Waals surface area contributed by atoms with Crippen molar-refractivity contribution in [3.63, 3.8) is 0 Å². The monoisotopic (exact) mass is 940 g/mol. The van der Waals surface area contributed by atoms with Gasteiger partial charge in [0.05, 0.1) is 86.7 Å². The van der Waals surface area contributed by atoms with Crippen LogP contribution < -0.4 is 5.73 Å². The summed E-state index contributed by atoms with van der Waals surface area (Å²) in [6.45, 7) is 6.82. The molecule has 19 atom stereocenters. The van der Waals surface area contributed by atoms with E-state index in [0.717, 1.165) is 20.0 Å². The van der Waals surface area contributed by atoms with E-state index in [1.54, 1.807) is 51.2 Å². The number of cyclic esters (lactones) is 1. The molecule has 0 saturated carbocycles. The molecule has 2 bridgehead atoms. The molecule has 0 aliphatic carbocycles. The fourth-order valence-corrected chi connectivity index (χ4v) is 8.23. The molecule has 0 aromatic heterocycles. The van der Waals surface area contributed by atoms with Crippen LogP contribution in [0.2, 0.25) is 0 Å². The van der Waals surface area contributed by atoms with Crippen molar-refractivity contribution in [3.8, 4) is 0 Å². The number of nitrogens with two attached hydrogens (primary N) is 1. The van der Waals surface area contributed by atoms with Gasteiger partial charge in [-0.2, -0.15) is 0 Å². The minimum absolute atomic E-state index is 0.120. The standard InChI is InChI=1S/C48H77NO17/c1-28-18-16-14-12-10-8-6-7-9-11-13-15-17-19-35(65-47-45(59)42(49)44(58)31(4)64-47)25-39-41(46(60)62-5)38(55)27-48(61,66-39)26-37(54)36(53)21-20-32(50)22-33(51)23-34(52)24-40(56)63-30(3)29(2)43(28)57/h6-7,9,11-19,28-39,41-45,47,50-55,57-59,61H,8,10,20-27,49H2,1-5H3/b7-6+,11-9+,14-12+,15-13+,18-16+,19-17+/t28-,29-,30-,31+,32+,33+,34+,35-,36+,37+,38-,39-,41+,42-,43+,44+,45-,47-,48+/m0/s1. The molecule has 12 N–H and O–H groups in total. The second-order valence-electron chi connectivity index (χ2n) is 18.0. The Hall–Kier alpha value is -3.18. The number of hydrogen-bond acceptors (Lipinski definition) is 18. The summed E-state index contributed by atoms with van der Waals surface area (Å²) in [5, 5.41) is 109. The van der Waals surface area contributed by atoms with Crippen molar-refractivity contribution in [1.29, 1.82) is 0 Å². The first-order valence-electron chi connectivity index (χ1n) is 23.0. The highest BCUT2D eigenvalue weighted by Gasteiger charge is 2.51. The molecule has 0 aromatic rings. The summed E-state index contributed by atoms with van der Waals surface area (Å²) in [6, 6.07) is -1.13. The van der Waals surface area contributed by atoms with Crippen LogP contribution in [0.4, 0.5) is 0 Å². The van der Waals surface area contributed by atoms with Crippen LogP contribution in [0.25, 0.3) is 0 Å². The largest absolute Gasteiger partial charge is 0.469 e. The highest BCUT2D eigenvalue weighted by molar-refractivity contribution is 5.74. The Labute approximate surface area is 388 Å². The Morgan fingerprint density at radius 2 is 1.29 bits per heavy atom. The van der Waals surface area contributed by atoms with E-state index in [-0.39, 0.29) is 38.0 Å². The molecule has 3 rings (SSSR count). The third-order valence-corrected chi connectivity index (χ3v) is 12.4. The molecule has 3 aliphatic heterocycles. The smallest absolute Gasteiger partial charge is 0.313 e. The number of ether oxygens (including phenoxy) is 5. The molecule has 0 radical (unpaired) electrons. The van der Waals surface area contributed by atoms with Crippen LogP contribution in [0.1, 0.15) is 91.9 Å². The summed E-state index contributed by atoms with van der Waals surface area (Å²) in [5.41, 5.74) is 6.06. The Morgan fingerprint density at radius 1 is 0.697 bits per heavy atom. The van der Waals surface area contributed by atoms with E-state index in [9.17, 15) is 60.7 Å². The maximum absolute atomic E-state index is 13.1. The van der Waals surface area contributed by atoms with Crippen LogP contribution in [-0.4, -0.2) is 168 Å². The summed E-state index contributed by atoms with van der Waals surface area (Å²) in [6.07, 6.45) is 3.32. The molecule has 66 heavy (non-hydrogen) atoms. The number of carbonyl (C=O) groups is 2. The molecule has 0 unspecified atom stereocenters. The predicted octanol–water partition coefficient (Wildman–Crippen LogP) is 1.02. The summed E-state index contributed by atoms with van der Waals surface area (Å²) in [5.74, 6) is -5.93. The maximum Gasteiger partial charge on any atom is 0.313 e. The molecule has 3 aliphatic rings. The van der Waals surface area contributed by atoms with Crippen LogP contribution >= 0.6 is 0 Å². The quantitative estimate of drug-likeness (QED) is 0.176. The molecular formula is C48H77NO17. The van der Waals surface area contributed by atoms with E-state index >= 15 is 0 Å². The molecule has 18 heteroatoms. The molecule has 18 nitrogen and oxygen atoms in total. The third kappa shape index (κ3) is 18.7. The number of aliphatic hydroxyl groups is 10. The normalized spacial score (nSPS) is 44.7. The van der Waals surface area contributed by atoms with Crippen LogP contribution in [0, 0.1) is 17.8 Å². The zero-order chi connectivity index (χ0) is 49.1. The fourth-order valence-electron chi connectivity index (χ4n) is 8.23. The number of esters is 2. The van der Waals surface area contributed by atoms with Gasteiger partial charge in [0.2, 0.25) is 0 Å². The van der Waals surface area contributed by atoms with Gasteiger partial charge >= 0.3 is 11.9 Å². The Morgan fingerprint density at radius 3 is 1.95 bits per heavy atom. The van der Waals surface area contributed by atoms with Crippen molar-refractivity contribution in [3.05, 3.63) is 72.9 Å². The summed E-state index contributed by atoms with van der Waals surface area (Å²) < 4.78 is 28.4. The average Bonchev–Trinajstić information content (AvgIpc) is 3.24. The van der Waals surface area contributed by atoms with Gasteiger partial charge in [-0.25, -0.2) is 0 Å². The summed E-state index contributed by atoms with van der Waals surface area (Å²) in [7, 11) is 1.12. The van der Waals surface area contributed by atoms with Gasteiger partial charge in [0.25, 0.3) is 0 Å². The van der Waals surface area contributed by atoms with Gasteiger partial charge in [-0.05, 0) is 52.4 Å². The van der Waals surface area contributed by atoms with Gasteiger partial charge in [-0.1, -0.05) is 86.8 Å². The summed E-state index contributed by atoms with van der Waals surface area (Å²) >= 11 is 0. The maximum atomic E-state index is 13.1. The topological polar surface area (TPSA) is 309 Å². The van der Waals surface area contributed by atoms with Crippen LogP contribution in [0.15, 0.2) is 72.9 Å². The lowest BCUT2D eigenvalue weighted by Gasteiger charge is -2.45. The van der Waals surface area contributed by atoms with Gasteiger partial charge in [0.1, 0.15) is 18.1 Å². The Kier molecular flexibility index (Phi) is 24.5. The number of carbonyl (C=O) groups excluding carboxylic acids is 2. The van der Waals surface area contributed by atoms with Crippen molar-refractivity contribution < 1.29 is 84.3 Å². The van der Waals surface area contributed by atoms with Crippen LogP contribution in [0.3, 0.4) is 0 Å². The average molecular weight is 940 g/mol. The van der Waals surface area contributed by atoms with Crippen molar-refractivity contribution >= 4 is 11.9 Å². The molecular weight excluding hydrogens is 863 g/mol. The van der Waals surface area contributed by atoms with E-state index < -0.39 is 141 Å². The first-order valence-corrected chi connectivity index (χ1v) is 23.0. The SMILES string of the molecule is COC(=O)[C@H]1[C@@H]2C[C@@H](O[C@@H]3O[C@H](C)[C@@H](O)[C@H](N)[C@@H]3O)/C=C/C=C/C=C/C=C/CC/C=C/C=C/[C@H](C)[C@@H](O)[C@@H](C)[C@H](C)OC(=O)C[C@H](O)C[C@H](O)C[C@H](O)CC[C@@H](O)[C@H](O)C[C@](O)(C[C@@H]1O)O2. The molecule has 3 heterocycles. The van der Waals surface area contributed by atoms with E-state index in [2.05, 4.69) is 0 Å². The minimum Gasteiger partial charge on any atom is -0.469 e. The van der Waals surface area contributed by atoms with Gasteiger partial charge < -0.3 is 80.5 Å². The number of hydrogen-bond donors (Lipinski definition) is 11. The third-order valence-electron chi connectivity index (χ3n) is 12.4. The molecule has 0 amide bonds. The lowest BCUT2D eigenvalue weighted by Crippen LogP contribution is -2.61. The van der Waals surface area contributed by atoms with Crippen molar-refractivity contribution in [1.82, 2.24) is 0 Å². The number of fused-ring (bicyclic) bond motifs is 2. The van der Waals surface area contributed by atoms with Crippen LogP contribution in [0.5, 0.6) is 0 Å². The number of aliphatic hydroxyl groups excluding tert-OH is 9. The minimum atomic E-state index is -2.30. The van der Waals surface area contributed by atoms with Crippen molar-refractivity contribution in [2.24, 2.45) is 23.5 Å². The van der Waals surface area contributed by atoms with Crippen molar-refractivity contribution in [2.75, 3.05) is 7.11 Å². The lowest BCUT2D eigenvalue weighted by molar-refractivity contribution is -0.310. The first-order chi connectivity index (χ1) is 31.2. The van der Waals surface area contributed by atoms with E-state index in [1.807, 2.05) is 49.5 Å². The fraction of sp³-hybridized carbons (Fsp3) is 0.708. The van der Waals surface area contributed by atoms with Gasteiger partial charge in [0, 0.05) is 31.1 Å². The molecule has 0 spiro atoms. The summed E-state index contributed by atoms with van der Waals surface area (Å²) in [4.78, 5) is 25.7. The van der Waals surface area contributed by atoms with Gasteiger partial charge in [-0.15, -0.1) is 0 Å². The molecule has 2 fully saturated rings. The lowest BCUT2D eigenvalue weighted by atomic mass is 9.82. The first kappa shape index (κ1) is 57.1. The van der Waals surface area contributed by atoms with Crippen LogP contribution in [-0.2, 0) is 33.3 Å². The zero-order valence-corrected chi connectivity index (χ0v) is 38.8. The van der Waals surface area contributed by atoms with E-state index in [0.29, 0.717) is 0 Å². The number of rotatable bonds is 3. The second-order valence-corrected chi connectivity index (χ2v) is 18.0. The Bertz CT molecular complexity index is 1640. The zero-order valence-electron chi connectivity index (χ0n) is 38.8. The number of allylic oxidation sites excluding steroid dienone is 10. The molecule has 2 saturated heterocycles. The highest BCUT2D eigenvalue weighted by Crippen LogP contribution is 2.38. The number of methoxy groups -OCH3 is 1. The van der Waals surface area contributed by atoms with Crippen molar-refractivity contribution in [2.45, 2.75) is 189 Å².